The number of carbonyl (C=O) groups excluding carboxylic acids is 3. The van der Waals surface area contributed by atoms with Crippen LogP contribution in [-0.4, -0.2) is 30.6 Å². The Labute approximate surface area is 142 Å². The molecular formula is C16H15N3O6. The number of amides is 3. The Hall–Kier alpha value is -3.49. The minimum Gasteiger partial charge on any atom is -0.486 e. The van der Waals surface area contributed by atoms with Crippen LogP contribution >= 0.6 is 0 Å². The lowest BCUT2D eigenvalue weighted by atomic mass is 10.3. The molecule has 3 amide bonds. The number of hydrazine groups is 1. The van der Waals surface area contributed by atoms with Gasteiger partial charge in [0.2, 0.25) is 0 Å². The van der Waals surface area contributed by atoms with Crippen molar-refractivity contribution in [1.82, 2.24) is 16.2 Å². The molecule has 2 heterocycles. The van der Waals surface area contributed by atoms with Crippen molar-refractivity contribution in [2.24, 2.45) is 0 Å². The normalized spacial score (nSPS) is 15.8. The van der Waals surface area contributed by atoms with Crippen LogP contribution < -0.4 is 20.9 Å². The molecule has 3 N–H and O–H groups in total. The van der Waals surface area contributed by atoms with Gasteiger partial charge in [-0.25, -0.2) is 4.79 Å². The first-order chi connectivity index (χ1) is 12.1. The summed E-state index contributed by atoms with van der Waals surface area (Å²) in [5, 5.41) is 2.29. The number of cyclic esters (lactones) is 1. The molecule has 0 bridgehead atoms. The van der Waals surface area contributed by atoms with Crippen LogP contribution in [0.1, 0.15) is 16.3 Å². The lowest BCUT2D eigenvalue weighted by molar-refractivity contribution is -0.123. The van der Waals surface area contributed by atoms with E-state index in [0.29, 0.717) is 11.5 Å². The third-order valence-corrected chi connectivity index (χ3v) is 3.30. The lowest BCUT2D eigenvalue weighted by Gasteiger charge is -2.09. The largest absolute Gasteiger partial charge is 0.486 e. The van der Waals surface area contributed by atoms with E-state index in [9.17, 15) is 14.4 Å². The highest BCUT2D eigenvalue weighted by Gasteiger charge is 2.29. The van der Waals surface area contributed by atoms with Crippen LogP contribution in [0.4, 0.5) is 4.79 Å². The molecule has 1 fully saturated rings. The zero-order valence-corrected chi connectivity index (χ0v) is 13.0. The van der Waals surface area contributed by atoms with E-state index < -0.39 is 23.9 Å². The van der Waals surface area contributed by atoms with Gasteiger partial charge in [0, 0.05) is 0 Å². The number of carbonyl (C=O) groups is 3. The molecule has 0 saturated carbocycles. The molecule has 1 atom stereocenters. The van der Waals surface area contributed by atoms with Crippen molar-refractivity contribution >= 4 is 17.9 Å². The summed E-state index contributed by atoms with van der Waals surface area (Å²) < 4.78 is 15.5. The van der Waals surface area contributed by atoms with Gasteiger partial charge in [-0.1, -0.05) is 18.2 Å². The number of nitrogens with one attached hydrogen (secondary N) is 3. The Morgan fingerprint density at radius 3 is 2.68 bits per heavy atom. The van der Waals surface area contributed by atoms with E-state index in [-0.39, 0.29) is 19.0 Å². The van der Waals surface area contributed by atoms with E-state index in [4.69, 9.17) is 9.15 Å². The molecular weight excluding hydrogens is 330 g/mol. The predicted octanol–water partition coefficient (Wildman–Crippen LogP) is 0.728. The maximum atomic E-state index is 11.9. The van der Waals surface area contributed by atoms with Crippen LogP contribution in [0.5, 0.6) is 5.75 Å². The maximum Gasteiger partial charge on any atom is 0.407 e. The van der Waals surface area contributed by atoms with E-state index in [2.05, 4.69) is 20.9 Å². The molecule has 25 heavy (non-hydrogen) atoms. The second kappa shape index (κ2) is 7.39. The molecule has 2 aromatic rings. The Morgan fingerprint density at radius 2 is 1.96 bits per heavy atom. The van der Waals surface area contributed by atoms with Crippen molar-refractivity contribution in [1.29, 1.82) is 0 Å². The molecule has 0 unspecified atom stereocenters. The summed E-state index contributed by atoms with van der Waals surface area (Å²) in [6.07, 6.45) is -0.680. The van der Waals surface area contributed by atoms with Gasteiger partial charge in [0.05, 0.1) is 0 Å². The zero-order valence-electron chi connectivity index (χ0n) is 13.0. The highest BCUT2D eigenvalue weighted by molar-refractivity contribution is 5.94. The Morgan fingerprint density at radius 1 is 1.16 bits per heavy atom. The van der Waals surface area contributed by atoms with Crippen LogP contribution in [-0.2, 0) is 16.1 Å². The van der Waals surface area contributed by atoms with Crippen molar-refractivity contribution in [2.75, 3.05) is 6.61 Å². The first-order valence-electron chi connectivity index (χ1n) is 7.42. The molecule has 130 valence electrons. The number of benzene rings is 1. The van der Waals surface area contributed by atoms with Crippen LogP contribution in [0.3, 0.4) is 0 Å². The first-order valence-corrected chi connectivity index (χ1v) is 7.42. The molecule has 0 aliphatic carbocycles. The second-order valence-electron chi connectivity index (χ2n) is 5.11. The van der Waals surface area contributed by atoms with E-state index in [1.54, 1.807) is 18.2 Å². The molecule has 1 aliphatic rings. The first kappa shape index (κ1) is 16.4. The molecule has 3 rings (SSSR count). The summed E-state index contributed by atoms with van der Waals surface area (Å²) in [6.45, 7) is 0.0668. The number of rotatable bonds is 5. The lowest BCUT2D eigenvalue weighted by Crippen LogP contribution is -2.50. The van der Waals surface area contributed by atoms with E-state index in [1.807, 2.05) is 18.2 Å². The van der Waals surface area contributed by atoms with Crippen molar-refractivity contribution in [3.05, 3.63) is 54.0 Å². The minimum absolute atomic E-state index is 0.0127. The van der Waals surface area contributed by atoms with E-state index in [1.165, 1.54) is 6.07 Å². The average molecular weight is 345 g/mol. The molecule has 9 heteroatoms. The highest BCUT2D eigenvalue weighted by Crippen LogP contribution is 2.13. The fourth-order valence-corrected chi connectivity index (χ4v) is 2.04. The Kier molecular flexibility index (Phi) is 4.84. The smallest absolute Gasteiger partial charge is 0.407 e. The number of para-hydroxylation sites is 1. The van der Waals surface area contributed by atoms with Crippen LogP contribution in [0.15, 0.2) is 46.9 Å². The fourth-order valence-electron chi connectivity index (χ4n) is 2.04. The Balaban J connectivity index is 1.47. The minimum atomic E-state index is -0.848. The highest BCUT2D eigenvalue weighted by atomic mass is 16.6. The van der Waals surface area contributed by atoms with Gasteiger partial charge in [-0.15, -0.1) is 0 Å². The van der Waals surface area contributed by atoms with Crippen molar-refractivity contribution in [2.45, 2.75) is 12.6 Å². The van der Waals surface area contributed by atoms with Crippen molar-refractivity contribution in [3.63, 3.8) is 0 Å². The number of hydrogen-bond donors (Lipinski definition) is 3. The van der Waals surface area contributed by atoms with Crippen molar-refractivity contribution in [3.8, 4) is 5.75 Å². The van der Waals surface area contributed by atoms with Gasteiger partial charge in [0.15, 0.2) is 5.76 Å². The summed E-state index contributed by atoms with van der Waals surface area (Å²) in [4.78, 5) is 34.5. The van der Waals surface area contributed by atoms with Gasteiger partial charge < -0.3 is 19.2 Å². The third kappa shape index (κ3) is 4.28. The summed E-state index contributed by atoms with van der Waals surface area (Å²) in [5.41, 5.74) is 4.38. The molecule has 1 saturated heterocycles. The number of ether oxygens (including phenoxy) is 2. The summed E-state index contributed by atoms with van der Waals surface area (Å²) >= 11 is 0. The van der Waals surface area contributed by atoms with Gasteiger partial charge in [-0.2, -0.15) is 0 Å². The van der Waals surface area contributed by atoms with Crippen LogP contribution in [0.2, 0.25) is 0 Å². The zero-order chi connectivity index (χ0) is 17.6. The molecule has 0 spiro atoms. The predicted molar refractivity (Wildman–Crippen MR) is 83.4 cm³/mol. The van der Waals surface area contributed by atoms with Gasteiger partial charge in [-0.3, -0.25) is 20.4 Å². The SMILES string of the molecule is O=C1N[C@H](C(=O)NNC(=O)c2ccc(COc3ccccc3)o2)CO1. The molecule has 1 aliphatic heterocycles. The van der Waals surface area contributed by atoms with E-state index in [0.717, 1.165) is 0 Å². The summed E-state index contributed by atoms with van der Waals surface area (Å²) in [6, 6.07) is 11.4. The van der Waals surface area contributed by atoms with E-state index >= 15 is 0 Å². The second-order valence-corrected chi connectivity index (χ2v) is 5.11. The molecule has 0 radical (unpaired) electrons. The number of alkyl carbamates (subject to hydrolysis) is 1. The fraction of sp³-hybridized carbons (Fsp3) is 0.188. The molecule has 1 aromatic heterocycles. The van der Waals surface area contributed by atoms with Gasteiger partial charge in [0.1, 0.15) is 30.8 Å². The van der Waals surface area contributed by atoms with Crippen molar-refractivity contribution < 1.29 is 28.3 Å². The summed E-state index contributed by atoms with van der Waals surface area (Å²) in [5.74, 6) is -0.0867. The monoisotopic (exact) mass is 345 g/mol. The standard InChI is InChI=1S/C16H15N3O6/c20-14(12-9-24-16(22)17-12)18-19-15(21)13-7-6-11(25-13)8-23-10-4-2-1-3-5-10/h1-7,12H,8-9H2,(H,17,22)(H,18,20)(H,19,21)/t12-/m0/s1. The van der Waals surface area contributed by atoms with Gasteiger partial charge in [0.25, 0.3) is 5.91 Å². The number of furan rings is 1. The molecule has 9 nitrogen and oxygen atoms in total. The third-order valence-electron chi connectivity index (χ3n) is 3.30. The van der Waals surface area contributed by atoms with Crippen LogP contribution in [0, 0.1) is 0 Å². The summed E-state index contributed by atoms with van der Waals surface area (Å²) in [7, 11) is 0. The van der Waals surface area contributed by atoms with Crippen LogP contribution in [0.25, 0.3) is 0 Å². The maximum absolute atomic E-state index is 11.9. The quantitative estimate of drug-likeness (QED) is 0.687. The topological polar surface area (TPSA) is 119 Å². The average Bonchev–Trinajstić information content (AvgIpc) is 3.27. The Bertz CT molecular complexity index is 773. The number of hydrogen-bond acceptors (Lipinski definition) is 6. The molecule has 1 aromatic carbocycles. The van der Waals surface area contributed by atoms with Gasteiger partial charge >= 0.3 is 12.0 Å². The van der Waals surface area contributed by atoms with Gasteiger partial charge in [-0.05, 0) is 24.3 Å².